The number of carbonyl (C=O) groups excluding carboxylic acids is 1. The maximum absolute atomic E-state index is 11.1. The summed E-state index contributed by atoms with van der Waals surface area (Å²) in [5.41, 5.74) is 0. The maximum atomic E-state index is 11.1. The van der Waals surface area contributed by atoms with Gasteiger partial charge in [-0.3, -0.25) is 4.79 Å². The molecule has 2 N–H and O–H groups in total. The Bertz CT molecular complexity index is 159. The van der Waals surface area contributed by atoms with E-state index in [0.29, 0.717) is 6.42 Å². The fraction of sp³-hybridized carbons (Fsp3) is 0.900. The quantitative estimate of drug-likeness (QED) is 0.598. The smallest absolute Gasteiger partial charge is 0.320 e. The summed E-state index contributed by atoms with van der Waals surface area (Å²) < 4.78 is 4.96. The highest BCUT2D eigenvalue weighted by Gasteiger charge is 2.09. The molecule has 0 aromatic heterocycles. The van der Waals surface area contributed by atoms with E-state index < -0.39 is 0 Å². The molecular weight excluding hydrogens is 182 g/mol. The molecule has 0 amide bonds. The van der Waals surface area contributed by atoms with Gasteiger partial charge >= 0.3 is 5.97 Å². The van der Waals surface area contributed by atoms with Crippen molar-refractivity contribution in [3.05, 3.63) is 0 Å². The van der Waals surface area contributed by atoms with Gasteiger partial charge in [0.15, 0.2) is 0 Å². The topological polar surface area (TPSA) is 58.6 Å². The Morgan fingerprint density at radius 2 is 2.14 bits per heavy atom. The molecule has 0 aliphatic carbocycles. The lowest BCUT2D eigenvalue weighted by Crippen LogP contribution is -2.35. The summed E-state index contributed by atoms with van der Waals surface area (Å²) in [6.45, 7) is 6.02. The second kappa shape index (κ2) is 7.76. The fourth-order valence-corrected chi connectivity index (χ4v) is 1.14. The zero-order chi connectivity index (χ0) is 11.0. The molecule has 4 heteroatoms. The van der Waals surface area contributed by atoms with Gasteiger partial charge in [-0.2, -0.15) is 0 Å². The van der Waals surface area contributed by atoms with Gasteiger partial charge in [-0.05, 0) is 26.7 Å². The Labute approximate surface area is 85.6 Å². The molecule has 14 heavy (non-hydrogen) atoms. The van der Waals surface area contributed by atoms with Crippen molar-refractivity contribution in [2.75, 3.05) is 13.2 Å². The molecule has 4 nitrogen and oxygen atoms in total. The van der Waals surface area contributed by atoms with Gasteiger partial charge in [-0.25, -0.2) is 0 Å². The van der Waals surface area contributed by atoms with Crippen molar-refractivity contribution in [3.63, 3.8) is 0 Å². The van der Waals surface area contributed by atoms with Gasteiger partial charge in [0.05, 0.1) is 12.6 Å². The lowest BCUT2D eigenvalue weighted by Gasteiger charge is -2.15. The molecule has 0 saturated heterocycles. The third-order valence-corrected chi connectivity index (χ3v) is 1.87. The van der Waals surface area contributed by atoms with Gasteiger partial charge in [0.1, 0.15) is 0 Å². The van der Waals surface area contributed by atoms with Gasteiger partial charge in [-0.15, -0.1) is 0 Å². The summed E-state index contributed by atoms with van der Waals surface area (Å²) in [6, 6.07) is 0.194. The van der Waals surface area contributed by atoms with Crippen molar-refractivity contribution in [1.29, 1.82) is 0 Å². The van der Waals surface area contributed by atoms with Crippen molar-refractivity contribution in [3.8, 4) is 0 Å². The van der Waals surface area contributed by atoms with E-state index in [0.717, 1.165) is 6.42 Å². The van der Waals surface area contributed by atoms with Crippen molar-refractivity contribution in [1.82, 2.24) is 5.32 Å². The minimum Gasteiger partial charge on any atom is -0.462 e. The van der Waals surface area contributed by atoms with E-state index in [2.05, 4.69) is 5.32 Å². The molecule has 0 heterocycles. The number of esters is 1. The van der Waals surface area contributed by atoms with E-state index in [1.165, 1.54) is 0 Å². The molecule has 1 unspecified atom stereocenters. The molecule has 0 spiro atoms. The molecule has 0 aliphatic rings. The maximum Gasteiger partial charge on any atom is 0.320 e. The van der Waals surface area contributed by atoms with E-state index in [1.54, 1.807) is 0 Å². The van der Waals surface area contributed by atoms with Crippen LogP contribution in [0.25, 0.3) is 0 Å². The molecule has 0 bridgehead atoms. The highest BCUT2D eigenvalue weighted by molar-refractivity contribution is 5.71. The minimum absolute atomic E-state index is 0.0674. The number of aliphatic hydroxyl groups is 1. The first-order valence-electron chi connectivity index (χ1n) is 5.13. The van der Waals surface area contributed by atoms with E-state index in [-0.39, 0.29) is 31.3 Å². The number of hydrogen-bond acceptors (Lipinski definition) is 4. The van der Waals surface area contributed by atoms with Gasteiger partial charge < -0.3 is 15.2 Å². The molecule has 0 aromatic carbocycles. The summed E-state index contributed by atoms with van der Waals surface area (Å²) in [4.78, 5) is 11.1. The average molecular weight is 203 g/mol. The second-order valence-electron chi connectivity index (χ2n) is 3.54. The molecule has 1 atom stereocenters. The van der Waals surface area contributed by atoms with Crippen LogP contribution in [0.1, 0.15) is 33.6 Å². The van der Waals surface area contributed by atoms with Crippen LogP contribution < -0.4 is 5.32 Å². The standard InChI is InChI=1S/C10H21NO3/c1-4-9(5-6-12)11-7-10(13)14-8(2)3/h8-9,11-12H,4-7H2,1-3H3. The van der Waals surface area contributed by atoms with Gasteiger partial charge in [0.2, 0.25) is 0 Å². The molecule has 0 radical (unpaired) electrons. The third kappa shape index (κ3) is 6.86. The normalized spacial score (nSPS) is 12.9. The van der Waals surface area contributed by atoms with Gasteiger partial charge in [-0.1, -0.05) is 6.92 Å². The monoisotopic (exact) mass is 203 g/mol. The van der Waals surface area contributed by atoms with Crippen LogP contribution in [-0.2, 0) is 9.53 Å². The SMILES string of the molecule is CCC(CCO)NCC(=O)OC(C)C. The highest BCUT2D eigenvalue weighted by Crippen LogP contribution is 1.96. The van der Waals surface area contributed by atoms with Crippen molar-refractivity contribution in [2.45, 2.75) is 45.8 Å². The number of hydrogen-bond donors (Lipinski definition) is 2. The van der Waals surface area contributed by atoms with Crippen LogP contribution in [0.15, 0.2) is 0 Å². The second-order valence-corrected chi connectivity index (χ2v) is 3.54. The molecule has 0 fully saturated rings. The molecular formula is C10H21NO3. The average Bonchev–Trinajstić information content (AvgIpc) is 2.11. The molecule has 0 aliphatic heterocycles. The Morgan fingerprint density at radius 3 is 2.57 bits per heavy atom. The number of carbonyl (C=O) groups is 1. The number of aliphatic hydroxyl groups excluding tert-OH is 1. The summed E-state index contributed by atoms with van der Waals surface area (Å²) >= 11 is 0. The van der Waals surface area contributed by atoms with Crippen molar-refractivity contribution < 1.29 is 14.6 Å². The van der Waals surface area contributed by atoms with Crippen LogP contribution in [0.4, 0.5) is 0 Å². The predicted octanol–water partition coefficient (Wildman–Crippen LogP) is 0.689. The minimum atomic E-state index is -0.239. The van der Waals surface area contributed by atoms with Crippen LogP contribution in [0.5, 0.6) is 0 Å². The first kappa shape index (κ1) is 13.4. The van der Waals surface area contributed by atoms with E-state index in [4.69, 9.17) is 9.84 Å². The zero-order valence-corrected chi connectivity index (χ0v) is 9.25. The Kier molecular flexibility index (Phi) is 7.42. The predicted molar refractivity (Wildman–Crippen MR) is 55.0 cm³/mol. The Hall–Kier alpha value is -0.610. The van der Waals surface area contributed by atoms with Gasteiger partial charge in [0.25, 0.3) is 0 Å². The van der Waals surface area contributed by atoms with Crippen LogP contribution in [0.3, 0.4) is 0 Å². The summed E-state index contributed by atoms with van der Waals surface area (Å²) in [6.07, 6.45) is 1.50. The molecule has 0 rings (SSSR count). The van der Waals surface area contributed by atoms with Crippen molar-refractivity contribution in [2.24, 2.45) is 0 Å². The fourth-order valence-electron chi connectivity index (χ4n) is 1.14. The number of nitrogens with one attached hydrogen (secondary N) is 1. The molecule has 84 valence electrons. The Balaban J connectivity index is 3.62. The van der Waals surface area contributed by atoms with Crippen LogP contribution in [0.2, 0.25) is 0 Å². The van der Waals surface area contributed by atoms with E-state index in [1.807, 2.05) is 20.8 Å². The lowest BCUT2D eigenvalue weighted by molar-refractivity contribution is -0.146. The van der Waals surface area contributed by atoms with E-state index in [9.17, 15) is 4.79 Å². The first-order chi connectivity index (χ1) is 6.60. The molecule has 0 saturated carbocycles. The summed E-state index contributed by atoms with van der Waals surface area (Å²) in [5, 5.41) is 11.8. The largest absolute Gasteiger partial charge is 0.462 e. The first-order valence-corrected chi connectivity index (χ1v) is 5.13. The van der Waals surface area contributed by atoms with E-state index >= 15 is 0 Å². The third-order valence-electron chi connectivity index (χ3n) is 1.87. The van der Waals surface area contributed by atoms with Gasteiger partial charge in [0, 0.05) is 12.6 Å². The molecule has 0 aromatic rings. The van der Waals surface area contributed by atoms with Crippen molar-refractivity contribution >= 4 is 5.97 Å². The zero-order valence-electron chi connectivity index (χ0n) is 9.25. The number of rotatable bonds is 7. The van der Waals surface area contributed by atoms with Crippen LogP contribution in [-0.4, -0.2) is 36.4 Å². The van der Waals surface area contributed by atoms with Crippen LogP contribution >= 0.6 is 0 Å². The summed E-state index contributed by atoms with van der Waals surface area (Å²) in [5.74, 6) is -0.239. The van der Waals surface area contributed by atoms with Crippen LogP contribution in [0, 0.1) is 0 Å². The lowest BCUT2D eigenvalue weighted by atomic mass is 10.1. The highest BCUT2D eigenvalue weighted by atomic mass is 16.5. The summed E-state index contributed by atoms with van der Waals surface area (Å²) in [7, 11) is 0. The number of ether oxygens (including phenoxy) is 1. The Morgan fingerprint density at radius 1 is 1.50 bits per heavy atom.